The number of carbonyl (C=O) groups is 1. The highest BCUT2D eigenvalue weighted by Crippen LogP contribution is 2.21. The first-order valence-electron chi connectivity index (χ1n) is 7.26. The molecule has 0 aliphatic rings. The Balaban J connectivity index is 1.54. The van der Waals surface area contributed by atoms with E-state index < -0.39 is 6.10 Å². The third-order valence-electron chi connectivity index (χ3n) is 3.38. The molecule has 0 fully saturated rings. The molecule has 0 radical (unpaired) electrons. The summed E-state index contributed by atoms with van der Waals surface area (Å²) < 4.78 is 5.20. The highest BCUT2D eigenvalue weighted by atomic mass is 32.1. The van der Waals surface area contributed by atoms with Crippen molar-refractivity contribution in [1.82, 2.24) is 10.5 Å². The zero-order valence-corrected chi connectivity index (χ0v) is 13.1. The zero-order chi connectivity index (χ0) is 16.1. The van der Waals surface area contributed by atoms with Gasteiger partial charge in [-0.2, -0.15) is 0 Å². The molecule has 3 rings (SSSR count). The Morgan fingerprint density at radius 1 is 1.26 bits per heavy atom. The van der Waals surface area contributed by atoms with E-state index in [2.05, 4.69) is 10.5 Å². The van der Waals surface area contributed by atoms with Crippen molar-refractivity contribution in [1.29, 1.82) is 0 Å². The van der Waals surface area contributed by atoms with Gasteiger partial charge in [-0.15, -0.1) is 11.3 Å². The molecule has 0 saturated carbocycles. The van der Waals surface area contributed by atoms with Crippen molar-refractivity contribution in [3.63, 3.8) is 0 Å². The van der Waals surface area contributed by atoms with Crippen LogP contribution in [0.1, 0.15) is 27.9 Å². The third kappa shape index (κ3) is 3.85. The summed E-state index contributed by atoms with van der Waals surface area (Å²) in [5, 5.41) is 18.4. The Labute approximate surface area is 137 Å². The lowest BCUT2D eigenvalue weighted by atomic mass is 10.1. The standard InChI is InChI=1S/C17H16N2O3S/c20-14(16-7-4-10-23-16)8-9-18-17(21)13-11-15(22-19-13)12-5-2-1-3-6-12/h1-7,10-11,14,20H,8-9H2,(H,18,21)/t14-/m1/s1. The fraction of sp³-hybridized carbons (Fsp3) is 0.176. The van der Waals surface area contributed by atoms with Gasteiger partial charge in [0.05, 0.1) is 6.10 Å². The molecular weight excluding hydrogens is 312 g/mol. The molecule has 1 amide bonds. The molecule has 0 bridgehead atoms. The predicted molar refractivity (Wildman–Crippen MR) is 88.2 cm³/mol. The number of rotatable bonds is 6. The van der Waals surface area contributed by atoms with Crippen molar-refractivity contribution in [3.05, 3.63) is 64.5 Å². The molecule has 0 aliphatic carbocycles. The Morgan fingerprint density at radius 3 is 2.83 bits per heavy atom. The molecule has 1 atom stereocenters. The summed E-state index contributed by atoms with van der Waals surface area (Å²) in [5.74, 6) is 0.240. The molecule has 2 aromatic heterocycles. The van der Waals surface area contributed by atoms with E-state index in [1.165, 1.54) is 11.3 Å². The van der Waals surface area contributed by atoms with Gasteiger partial charge in [0.1, 0.15) is 0 Å². The van der Waals surface area contributed by atoms with E-state index in [0.717, 1.165) is 10.4 Å². The van der Waals surface area contributed by atoms with Gasteiger partial charge in [0.25, 0.3) is 5.91 Å². The Morgan fingerprint density at radius 2 is 2.09 bits per heavy atom. The average Bonchev–Trinajstić information content (AvgIpc) is 3.27. The SMILES string of the molecule is O=C(NCC[C@@H](O)c1cccs1)c1cc(-c2ccccc2)on1. The maximum absolute atomic E-state index is 12.0. The van der Waals surface area contributed by atoms with Crippen LogP contribution in [0.3, 0.4) is 0 Å². The van der Waals surface area contributed by atoms with Crippen LogP contribution in [0.5, 0.6) is 0 Å². The van der Waals surface area contributed by atoms with Gasteiger partial charge in [-0.1, -0.05) is 41.6 Å². The second-order valence-electron chi connectivity index (χ2n) is 5.02. The smallest absolute Gasteiger partial charge is 0.273 e. The number of aliphatic hydroxyl groups is 1. The average molecular weight is 328 g/mol. The van der Waals surface area contributed by atoms with E-state index >= 15 is 0 Å². The molecule has 6 heteroatoms. The van der Waals surface area contributed by atoms with Crippen LogP contribution in [0, 0.1) is 0 Å². The fourth-order valence-electron chi connectivity index (χ4n) is 2.16. The van der Waals surface area contributed by atoms with Crippen LogP contribution in [-0.4, -0.2) is 22.7 Å². The van der Waals surface area contributed by atoms with Crippen molar-refractivity contribution >= 4 is 17.2 Å². The molecule has 1 aromatic carbocycles. The number of hydrogen-bond donors (Lipinski definition) is 2. The van der Waals surface area contributed by atoms with Crippen molar-refractivity contribution in [2.24, 2.45) is 0 Å². The van der Waals surface area contributed by atoms with Crippen LogP contribution >= 0.6 is 11.3 Å². The normalized spacial score (nSPS) is 12.0. The van der Waals surface area contributed by atoms with E-state index in [0.29, 0.717) is 18.7 Å². The number of benzene rings is 1. The lowest BCUT2D eigenvalue weighted by Gasteiger charge is -2.08. The zero-order valence-electron chi connectivity index (χ0n) is 12.3. The van der Waals surface area contributed by atoms with E-state index in [1.54, 1.807) is 6.07 Å². The molecule has 0 saturated heterocycles. The van der Waals surface area contributed by atoms with Gasteiger partial charge in [-0.3, -0.25) is 4.79 Å². The van der Waals surface area contributed by atoms with Crippen LogP contribution in [-0.2, 0) is 0 Å². The third-order valence-corrected chi connectivity index (χ3v) is 4.35. The molecule has 0 spiro atoms. The minimum atomic E-state index is -0.563. The number of carbonyl (C=O) groups excluding carboxylic acids is 1. The number of nitrogens with one attached hydrogen (secondary N) is 1. The van der Waals surface area contributed by atoms with E-state index in [4.69, 9.17) is 4.52 Å². The summed E-state index contributed by atoms with van der Waals surface area (Å²) in [6.07, 6.45) is -0.108. The lowest BCUT2D eigenvalue weighted by molar-refractivity contribution is 0.0934. The molecular formula is C17H16N2O3S. The molecule has 2 heterocycles. The van der Waals surface area contributed by atoms with E-state index in [1.807, 2.05) is 47.8 Å². The first-order valence-corrected chi connectivity index (χ1v) is 8.14. The van der Waals surface area contributed by atoms with E-state index in [-0.39, 0.29) is 11.6 Å². The molecule has 5 nitrogen and oxygen atoms in total. The number of amides is 1. The van der Waals surface area contributed by atoms with Crippen LogP contribution < -0.4 is 5.32 Å². The Kier molecular flexibility index (Phi) is 4.85. The van der Waals surface area contributed by atoms with Gasteiger partial charge in [0.15, 0.2) is 11.5 Å². The number of thiophene rings is 1. The van der Waals surface area contributed by atoms with Gasteiger partial charge in [-0.25, -0.2) is 0 Å². The summed E-state index contributed by atoms with van der Waals surface area (Å²) >= 11 is 1.50. The number of aliphatic hydroxyl groups excluding tert-OH is 1. The number of nitrogens with zero attached hydrogens (tertiary/aromatic N) is 1. The minimum Gasteiger partial charge on any atom is -0.388 e. The molecule has 3 aromatic rings. The Hall–Kier alpha value is -2.44. The van der Waals surface area contributed by atoms with Gasteiger partial charge in [0, 0.05) is 23.1 Å². The van der Waals surface area contributed by atoms with Crippen LogP contribution in [0.2, 0.25) is 0 Å². The van der Waals surface area contributed by atoms with Gasteiger partial charge >= 0.3 is 0 Å². The minimum absolute atomic E-state index is 0.231. The summed E-state index contributed by atoms with van der Waals surface area (Å²) in [7, 11) is 0. The largest absolute Gasteiger partial charge is 0.388 e. The quantitative estimate of drug-likeness (QED) is 0.728. The summed E-state index contributed by atoms with van der Waals surface area (Å²) in [6, 6.07) is 14.8. The molecule has 0 unspecified atom stereocenters. The fourth-order valence-corrected chi connectivity index (χ4v) is 2.90. The first-order chi connectivity index (χ1) is 11.2. The Bertz CT molecular complexity index is 753. The van der Waals surface area contributed by atoms with E-state index in [9.17, 15) is 9.90 Å². The number of hydrogen-bond acceptors (Lipinski definition) is 5. The van der Waals surface area contributed by atoms with Gasteiger partial charge in [-0.05, 0) is 17.9 Å². The summed E-state index contributed by atoms with van der Waals surface area (Å²) in [6.45, 7) is 0.366. The van der Waals surface area contributed by atoms with Crippen molar-refractivity contribution in [2.45, 2.75) is 12.5 Å². The molecule has 23 heavy (non-hydrogen) atoms. The monoisotopic (exact) mass is 328 g/mol. The molecule has 0 aliphatic heterocycles. The lowest BCUT2D eigenvalue weighted by Crippen LogP contribution is -2.25. The number of aromatic nitrogens is 1. The summed E-state index contributed by atoms with van der Waals surface area (Å²) in [5.41, 5.74) is 1.10. The van der Waals surface area contributed by atoms with Crippen LogP contribution in [0.4, 0.5) is 0 Å². The highest BCUT2D eigenvalue weighted by molar-refractivity contribution is 7.10. The van der Waals surface area contributed by atoms with Gasteiger partial charge < -0.3 is 14.9 Å². The first kappa shape index (κ1) is 15.5. The van der Waals surface area contributed by atoms with Crippen LogP contribution in [0.15, 0.2) is 58.4 Å². The summed E-state index contributed by atoms with van der Waals surface area (Å²) in [4.78, 5) is 12.9. The predicted octanol–water partition coefficient (Wildman–Crippen LogP) is 3.26. The topological polar surface area (TPSA) is 75.4 Å². The van der Waals surface area contributed by atoms with Crippen molar-refractivity contribution in [3.8, 4) is 11.3 Å². The highest BCUT2D eigenvalue weighted by Gasteiger charge is 2.14. The van der Waals surface area contributed by atoms with Crippen molar-refractivity contribution < 1.29 is 14.4 Å². The maximum Gasteiger partial charge on any atom is 0.273 e. The maximum atomic E-state index is 12.0. The van der Waals surface area contributed by atoms with Gasteiger partial charge in [0.2, 0.25) is 0 Å². The second kappa shape index (κ2) is 7.21. The van der Waals surface area contributed by atoms with Crippen LogP contribution in [0.25, 0.3) is 11.3 Å². The van der Waals surface area contributed by atoms with Crippen molar-refractivity contribution in [2.75, 3.05) is 6.54 Å². The molecule has 118 valence electrons. The molecule has 2 N–H and O–H groups in total. The second-order valence-corrected chi connectivity index (χ2v) is 6.00.